The van der Waals surface area contributed by atoms with Crippen LogP contribution in [-0.2, 0) is 0 Å². The average molecular weight is 323 g/mol. The van der Waals surface area contributed by atoms with Crippen LogP contribution in [0.3, 0.4) is 0 Å². The number of nitrogens with zero attached hydrogens (tertiary/aromatic N) is 7. The van der Waals surface area contributed by atoms with E-state index in [4.69, 9.17) is 4.98 Å². The van der Waals surface area contributed by atoms with Crippen molar-refractivity contribution in [2.24, 2.45) is 0 Å². The first-order valence-corrected chi connectivity index (χ1v) is 8.30. The monoisotopic (exact) mass is 323 g/mol. The van der Waals surface area contributed by atoms with Crippen molar-refractivity contribution in [1.29, 1.82) is 0 Å². The molecule has 0 spiro atoms. The number of aryl methyl sites for hydroxylation is 2. The standard InChI is InChI=1S/C17H21N7/c1-13-10-14(2)24(21-13)17-12-18-11-16(20-17)22-8-4-15(5-9-22)23-7-3-6-19-23/h3,6-7,10-12,15H,4-5,8-9H2,1-2H3. The van der Waals surface area contributed by atoms with Crippen molar-refractivity contribution in [1.82, 2.24) is 29.5 Å². The maximum Gasteiger partial charge on any atom is 0.174 e. The van der Waals surface area contributed by atoms with Crippen LogP contribution in [0.2, 0.25) is 0 Å². The minimum Gasteiger partial charge on any atom is -0.355 e. The van der Waals surface area contributed by atoms with Crippen LogP contribution >= 0.6 is 0 Å². The number of piperidine rings is 1. The van der Waals surface area contributed by atoms with Gasteiger partial charge in [-0.3, -0.25) is 9.67 Å². The van der Waals surface area contributed by atoms with E-state index in [1.807, 2.05) is 49.3 Å². The lowest BCUT2D eigenvalue weighted by atomic mass is 10.1. The van der Waals surface area contributed by atoms with Crippen LogP contribution in [0.1, 0.15) is 30.3 Å². The summed E-state index contributed by atoms with van der Waals surface area (Å²) in [6.45, 7) is 5.93. The molecule has 0 bridgehead atoms. The fourth-order valence-corrected chi connectivity index (χ4v) is 3.32. The Bertz CT molecular complexity index is 813. The fourth-order valence-electron chi connectivity index (χ4n) is 3.32. The highest BCUT2D eigenvalue weighted by atomic mass is 15.3. The van der Waals surface area contributed by atoms with Crippen LogP contribution < -0.4 is 4.90 Å². The van der Waals surface area contributed by atoms with Gasteiger partial charge < -0.3 is 4.90 Å². The summed E-state index contributed by atoms with van der Waals surface area (Å²) >= 11 is 0. The first-order valence-electron chi connectivity index (χ1n) is 8.30. The quantitative estimate of drug-likeness (QED) is 0.740. The molecule has 1 aliphatic rings. The van der Waals surface area contributed by atoms with Gasteiger partial charge >= 0.3 is 0 Å². The molecule has 0 N–H and O–H groups in total. The molecule has 1 fully saturated rings. The second kappa shape index (κ2) is 6.07. The second-order valence-corrected chi connectivity index (χ2v) is 6.28. The molecule has 3 aromatic heterocycles. The molecular weight excluding hydrogens is 302 g/mol. The largest absolute Gasteiger partial charge is 0.355 e. The molecule has 0 aliphatic carbocycles. The SMILES string of the molecule is Cc1cc(C)n(-c2cncc(N3CCC(n4cccn4)CC3)n2)n1. The molecule has 0 aromatic carbocycles. The Balaban J connectivity index is 1.51. The zero-order valence-corrected chi connectivity index (χ0v) is 14.0. The molecule has 0 radical (unpaired) electrons. The van der Waals surface area contributed by atoms with Gasteiger partial charge in [0.15, 0.2) is 5.82 Å². The van der Waals surface area contributed by atoms with Crippen molar-refractivity contribution in [2.75, 3.05) is 18.0 Å². The molecule has 7 nitrogen and oxygen atoms in total. The van der Waals surface area contributed by atoms with Gasteiger partial charge in [0.2, 0.25) is 0 Å². The molecule has 0 saturated carbocycles. The Morgan fingerprint density at radius 3 is 2.54 bits per heavy atom. The van der Waals surface area contributed by atoms with E-state index in [2.05, 4.69) is 24.8 Å². The molecule has 0 unspecified atom stereocenters. The van der Waals surface area contributed by atoms with Crippen molar-refractivity contribution in [3.8, 4) is 5.82 Å². The lowest BCUT2D eigenvalue weighted by molar-refractivity contribution is 0.366. The van der Waals surface area contributed by atoms with E-state index >= 15 is 0 Å². The number of rotatable bonds is 3. The van der Waals surface area contributed by atoms with E-state index in [0.29, 0.717) is 6.04 Å². The first kappa shape index (κ1) is 14.9. The molecule has 7 heteroatoms. The highest BCUT2D eigenvalue weighted by Gasteiger charge is 2.22. The van der Waals surface area contributed by atoms with Gasteiger partial charge in [-0.05, 0) is 38.8 Å². The third-order valence-electron chi connectivity index (χ3n) is 4.52. The normalized spacial score (nSPS) is 15.8. The number of hydrogen-bond donors (Lipinski definition) is 0. The lowest BCUT2D eigenvalue weighted by Gasteiger charge is -2.32. The van der Waals surface area contributed by atoms with Gasteiger partial charge in [0.25, 0.3) is 0 Å². The van der Waals surface area contributed by atoms with E-state index in [9.17, 15) is 0 Å². The Labute approximate surface area is 141 Å². The van der Waals surface area contributed by atoms with Gasteiger partial charge in [-0.2, -0.15) is 10.2 Å². The second-order valence-electron chi connectivity index (χ2n) is 6.28. The Kier molecular flexibility index (Phi) is 3.76. The smallest absolute Gasteiger partial charge is 0.174 e. The summed E-state index contributed by atoms with van der Waals surface area (Å²) < 4.78 is 3.91. The van der Waals surface area contributed by atoms with Gasteiger partial charge in [0, 0.05) is 31.2 Å². The predicted octanol–water partition coefficient (Wildman–Crippen LogP) is 2.32. The van der Waals surface area contributed by atoms with Crippen LogP contribution in [0.15, 0.2) is 36.9 Å². The van der Waals surface area contributed by atoms with E-state index in [0.717, 1.165) is 49.0 Å². The van der Waals surface area contributed by atoms with Gasteiger partial charge in [-0.15, -0.1) is 0 Å². The summed E-state index contributed by atoms with van der Waals surface area (Å²) in [6, 6.07) is 4.50. The molecule has 3 aromatic rings. The van der Waals surface area contributed by atoms with Crippen molar-refractivity contribution in [2.45, 2.75) is 32.7 Å². The van der Waals surface area contributed by atoms with E-state index < -0.39 is 0 Å². The van der Waals surface area contributed by atoms with Crippen molar-refractivity contribution < 1.29 is 0 Å². The van der Waals surface area contributed by atoms with Crippen molar-refractivity contribution in [3.05, 3.63) is 48.3 Å². The summed E-state index contributed by atoms with van der Waals surface area (Å²) in [7, 11) is 0. The minimum atomic E-state index is 0.475. The fraction of sp³-hybridized carbons (Fsp3) is 0.412. The maximum atomic E-state index is 4.77. The average Bonchev–Trinajstić information content (AvgIpc) is 3.25. The van der Waals surface area contributed by atoms with Gasteiger partial charge in [0.1, 0.15) is 5.82 Å². The summed E-state index contributed by atoms with van der Waals surface area (Å²) in [5.41, 5.74) is 2.05. The summed E-state index contributed by atoms with van der Waals surface area (Å²) in [6.07, 6.45) is 9.61. The van der Waals surface area contributed by atoms with Crippen LogP contribution in [0.4, 0.5) is 5.82 Å². The summed E-state index contributed by atoms with van der Waals surface area (Å²) in [5, 5.41) is 8.86. The molecular formula is C17H21N7. The van der Waals surface area contributed by atoms with Crippen LogP contribution in [-0.4, -0.2) is 42.6 Å². The highest BCUT2D eigenvalue weighted by Crippen LogP contribution is 2.25. The first-order chi connectivity index (χ1) is 11.7. The van der Waals surface area contributed by atoms with Gasteiger partial charge in [0.05, 0.1) is 24.1 Å². The van der Waals surface area contributed by atoms with Crippen molar-refractivity contribution >= 4 is 5.82 Å². The lowest BCUT2D eigenvalue weighted by Crippen LogP contribution is -2.35. The number of aromatic nitrogens is 6. The molecule has 24 heavy (non-hydrogen) atoms. The van der Waals surface area contributed by atoms with E-state index in [1.165, 1.54) is 0 Å². The third-order valence-corrected chi connectivity index (χ3v) is 4.52. The Morgan fingerprint density at radius 2 is 1.88 bits per heavy atom. The Morgan fingerprint density at radius 1 is 1.08 bits per heavy atom. The molecule has 4 rings (SSSR count). The molecule has 1 aliphatic heterocycles. The van der Waals surface area contributed by atoms with Crippen LogP contribution in [0.25, 0.3) is 5.82 Å². The molecule has 1 saturated heterocycles. The van der Waals surface area contributed by atoms with E-state index in [-0.39, 0.29) is 0 Å². The molecule has 0 amide bonds. The zero-order valence-electron chi connectivity index (χ0n) is 14.0. The number of anilines is 1. The maximum absolute atomic E-state index is 4.77. The topological polar surface area (TPSA) is 64.7 Å². The zero-order chi connectivity index (χ0) is 16.5. The predicted molar refractivity (Wildman–Crippen MR) is 91.3 cm³/mol. The number of hydrogen-bond acceptors (Lipinski definition) is 5. The highest BCUT2D eigenvalue weighted by molar-refractivity contribution is 5.40. The molecule has 0 atom stereocenters. The summed E-state index contributed by atoms with van der Waals surface area (Å²) in [5.74, 6) is 1.69. The minimum absolute atomic E-state index is 0.475. The Hall–Kier alpha value is -2.70. The van der Waals surface area contributed by atoms with Gasteiger partial charge in [-0.1, -0.05) is 0 Å². The van der Waals surface area contributed by atoms with Crippen LogP contribution in [0.5, 0.6) is 0 Å². The molecule has 124 valence electrons. The summed E-state index contributed by atoms with van der Waals surface area (Å²) in [4.78, 5) is 11.4. The van der Waals surface area contributed by atoms with Crippen LogP contribution in [0, 0.1) is 13.8 Å². The van der Waals surface area contributed by atoms with Crippen molar-refractivity contribution in [3.63, 3.8) is 0 Å². The van der Waals surface area contributed by atoms with E-state index in [1.54, 1.807) is 6.20 Å². The molecule has 4 heterocycles. The third kappa shape index (κ3) is 2.77. The van der Waals surface area contributed by atoms with Gasteiger partial charge in [-0.25, -0.2) is 9.67 Å².